The van der Waals surface area contributed by atoms with Crippen molar-refractivity contribution < 1.29 is 14.3 Å². The molecule has 1 amide bonds. The van der Waals surface area contributed by atoms with Gasteiger partial charge < -0.3 is 20.5 Å². The van der Waals surface area contributed by atoms with Crippen LogP contribution >= 0.6 is 11.8 Å². The zero-order valence-corrected chi connectivity index (χ0v) is 13.2. The van der Waals surface area contributed by atoms with Crippen molar-refractivity contribution in [1.82, 2.24) is 14.9 Å². The van der Waals surface area contributed by atoms with Gasteiger partial charge in [-0.3, -0.25) is 4.57 Å². The standard InChI is InChI=1S/C13H20N4O4S/c1-2-3-5-15-13(19)20-7-11-21-10(8-22-11)17-6-4-9(14)16-12(17)18/h4,6,10-11H,2-3,5,7-8H2,1H3,(H,15,19)(H2,14,16,18). The Hall–Kier alpha value is -1.74. The van der Waals surface area contributed by atoms with Crippen LogP contribution in [0.1, 0.15) is 26.0 Å². The largest absolute Gasteiger partial charge is 0.446 e. The maximum Gasteiger partial charge on any atom is 0.407 e. The van der Waals surface area contributed by atoms with Gasteiger partial charge in [-0.2, -0.15) is 4.98 Å². The van der Waals surface area contributed by atoms with Gasteiger partial charge >= 0.3 is 11.8 Å². The van der Waals surface area contributed by atoms with Crippen molar-refractivity contribution in [3.8, 4) is 0 Å². The van der Waals surface area contributed by atoms with Crippen LogP contribution in [0.2, 0.25) is 0 Å². The average Bonchev–Trinajstić information content (AvgIpc) is 2.94. The van der Waals surface area contributed by atoms with E-state index in [1.165, 1.54) is 16.3 Å². The first-order valence-electron chi connectivity index (χ1n) is 7.12. The molecule has 0 aliphatic carbocycles. The van der Waals surface area contributed by atoms with Gasteiger partial charge in [0.15, 0.2) is 0 Å². The molecule has 0 aromatic carbocycles. The molecule has 1 aliphatic rings. The summed E-state index contributed by atoms with van der Waals surface area (Å²) in [7, 11) is 0. The molecule has 2 unspecified atom stereocenters. The molecule has 0 spiro atoms. The molecule has 0 bridgehead atoms. The monoisotopic (exact) mass is 328 g/mol. The van der Waals surface area contributed by atoms with E-state index in [4.69, 9.17) is 15.2 Å². The molecule has 2 atom stereocenters. The Morgan fingerprint density at radius 3 is 3.23 bits per heavy atom. The van der Waals surface area contributed by atoms with Gasteiger partial charge in [0, 0.05) is 18.5 Å². The highest BCUT2D eigenvalue weighted by atomic mass is 32.2. The second-order valence-corrected chi connectivity index (χ2v) is 5.97. The zero-order valence-electron chi connectivity index (χ0n) is 12.4. The molecule has 1 fully saturated rings. The maximum atomic E-state index is 11.7. The molecule has 0 radical (unpaired) electrons. The summed E-state index contributed by atoms with van der Waals surface area (Å²) in [5.74, 6) is 0.757. The molecule has 1 aliphatic heterocycles. The van der Waals surface area contributed by atoms with Gasteiger partial charge in [-0.05, 0) is 12.5 Å². The lowest BCUT2D eigenvalue weighted by Crippen LogP contribution is -2.30. The van der Waals surface area contributed by atoms with Gasteiger partial charge in [-0.1, -0.05) is 13.3 Å². The van der Waals surface area contributed by atoms with E-state index in [2.05, 4.69) is 10.3 Å². The van der Waals surface area contributed by atoms with E-state index in [1.807, 2.05) is 6.92 Å². The molecule has 9 heteroatoms. The van der Waals surface area contributed by atoms with Gasteiger partial charge in [0.05, 0.1) is 0 Å². The minimum atomic E-state index is -0.454. The van der Waals surface area contributed by atoms with Crippen molar-refractivity contribution in [3.63, 3.8) is 0 Å². The third-order valence-corrected chi connectivity index (χ3v) is 4.14. The van der Waals surface area contributed by atoms with Gasteiger partial charge in [0.1, 0.15) is 24.1 Å². The van der Waals surface area contributed by atoms with Crippen LogP contribution < -0.4 is 16.7 Å². The number of amides is 1. The Morgan fingerprint density at radius 2 is 2.50 bits per heavy atom. The van der Waals surface area contributed by atoms with Crippen LogP contribution in [0.25, 0.3) is 0 Å². The number of rotatable bonds is 6. The molecule has 2 rings (SSSR count). The zero-order chi connectivity index (χ0) is 15.9. The summed E-state index contributed by atoms with van der Waals surface area (Å²) in [4.78, 5) is 26.8. The Kier molecular flexibility index (Phi) is 6.08. The first-order chi connectivity index (χ1) is 10.6. The van der Waals surface area contributed by atoms with Crippen LogP contribution in [-0.4, -0.2) is 40.0 Å². The number of nitrogen functional groups attached to an aromatic ring is 1. The first kappa shape index (κ1) is 16.6. The molecular formula is C13H20N4O4S. The maximum absolute atomic E-state index is 11.7. The van der Waals surface area contributed by atoms with Crippen molar-refractivity contribution in [2.45, 2.75) is 31.4 Å². The van der Waals surface area contributed by atoms with E-state index >= 15 is 0 Å². The van der Waals surface area contributed by atoms with Gasteiger partial charge in [-0.25, -0.2) is 9.59 Å². The Labute approximate surface area is 132 Å². The number of unbranched alkanes of at least 4 members (excludes halogenated alkanes) is 1. The van der Waals surface area contributed by atoms with Crippen LogP contribution in [0.4, 0.5) is 10.6 Å². The quantitative estimate of drug-likeness (QED) is 0.748. The third kappa shape index (κ3) is 4.63. The van der Waals surface area contributed by atoms with Crippen LogP contribution in [0.5, 0.6) is 0 Å². The fourth-order valence-electron chi connectivity index (χ4n) is 1.88. The van der Waals surface area contributed by atoms with Crippen LogP contribution in [0.15, 0.2) is 17.1 Å². The number of hydrogen-bond donors (Lipinski definition) is 2. The molecule has 1 aromatic heterocycles. The van der Waals surface area contributed by atoms with Gasteiger partial charge in [0.2, 0.25) is 0 Å². The minimum Gasteiger partial charge on any atom is -0.446 e. The molecule has 2 heterocycles. The Bertz CT molecular complexity index is 565. The SMILES string of the molecule is CCCCNC(=O)OCC1OC(n2ccc(N)nc2=O)CS1. The number of carbonyl (C=O) groups is 1. The molecule has 3 N–H and O–H groups in total. The molecule has 1 aromatic rings. The molecule has 22 heavy (non-hydrogen) atoms. The van der Waals surface area contributed by atoms with E-state index in [0.29, 0.717) is 12.3 Å². The normalized spacial score (nSPS) is 20.8. The highest BCUT2D eigenvalue weighted by molar-refractivity contribution is 8.00. The fourth-order valence-corrected chi connectivity index (χ4v) is 2.87. The number of thioether (sulfide) groups is 1. The summed E-state index contributed by atoms with van der Waals surface area (Å²) < 4.78 is 12.2. The number of nitrogens with zero attached hydrogens (tertiary/aromatic N) is 2. The molecule has 8 nitrogen and oxygen atoms in total. The number of hydrogen-bond acceptors (Lipinski definition) is 7. The van der Waals surface area contributed by atoms with Gasteiger partial charge in [0.25, 0.3) is 0 Å². The lowest BCUT2D eigenvalue weighted by molar-refractivity contribution is -0.0105. The van der Waals surface area contributed by atoms with Crippen molar-refractivity contribution in [2.24, 2.45) is 0 Å². The lowest BCUT2D eigenvalue weighted by Gasteiger charge is -2.14. The first-order valence-corrected chi connectivity index (χ1v) is 8.17. The van der Waals surface area contributed by atoms with Crippen molar-refractivity contribution in [2.75, 3.05) is 24.6 Å². The molecule has 1 saturated heterocycles. The highest BCUT2D eigenvalue weighted by Crippen LogP contribution is 2.30. The number of aromatic nitrogens is 2. The van der Waals surface area contributed by atoms with E-state index in [1.54, 1.807) is 12.3 Å². The molecule has 122 valence electrons. The smallest absolute Gasteiger partial charge is 0.407 e. The van der Waals surface area contributed by atoms with E-state index in [0.717, 1.165) is 12.8 Å². The van der Waals surface area contributed by atoms with Crippen LogP contribution in [0, 0.1) is 0 Å². The number of ether oxygens (including phenoxy) is 2. The summed E-state index contributed by atoms with van der Waals surface area (Å²) in [6.45, 7) is 2.78. The van der Waals surface area contributed by atoms with E-state index in [9.17, 15) is 9.59 Å². The highest BCUT2D eigenvalue weighted by Gasteiger charge is 2.29. The van der Waals surface area contributed by atoms with E-state index < -0.39 is 18.0 Å². The number of carbonyl (C=O) groups excluding carboxylic acids is 1. The number of nitrogens with one attached hydrogen (secondary N) is 1. The van der Waals surface area contributed by atoms with Crippen molar-refractivity contribution >= 4 is 23.7 Å². The minimum absolute atomic E-state index is 0.135. The van der Waals surface area contributed by atoms with E-state index in [-0.39, 0.29) is 17.9 Å². The Morgan fingerprint density at radius 1 is 1.68 bits per heavy atom. The predicted octanol–water partition coefficient (Wildman–Crippen LogP) is 0.940. The summed E-state index contributed by atoms with van der Waals surface area (Å²) >= 11 is 1.48. The topological polar surface area (TPSA) is 108 Å². The average molecular weight is 328 g/mol. The van der Waals surface area contributed by atoms with Crippen LogP contribution in [0.3, 0.4) is 0 Å². The number of alkyl carbamates (subject to hydrolysis) is 1. The van der Waals surface area contributed by atoms with Crippen LogP contribution in [-0.2, 0) is 9.47 Å². The second kappa shape index (κ2) is 8.04. The molecule has 0 saturated carbocycles. The number of anilines is 1. The van der Waals surface area contributed by atoms with Gasteiger partial charge in [-0.15, -0.1) is 11.8 Å². The lowest BCUT2D eigenvalue weighted by atomic mass is 10.3. The summed E-state index contributed by atoms with van der Waals surface area (Å²) in [5.41, 5.74) is 4.70. The molecular weight excluding hydrogens is 308 g/mol. The predicted molar refractivity (Wildman–Crippen MR) is 83.5 cm³/mol. The summed E-state index contributed by atoms with van der Waals surface area (Å²) in [6, 6.07) is 1.54. The Balaban J connectivity index is 1.78. The van der Waals surface area contributed by atoms with Crippen molar-refractivity contribution in [1.29, 1.82) is 0 Å². The summed E-state index contributed by atoms with van der Waals surface area (Å²) in [6.07, 6.45) is 2.60. The third-order valence-electron chi connectivity index (χ3n) is 3.05. The number of nitrogens with two attached hydrogens (primary N) is 1. The van der Waals surface area contributed by atoms with Crippen molar-refractivity contribution in [3.05, 3.63) is 22.7 Å². The second-order valence-electron chi connectivity index (χ2n) is 4.77. The fraction of sp³-hybridized carbons (Fsp3) is 0.615. The summed E-state index contributed by atoms with van der Waals surface area (Å²) in [5, 5.41) is 2.66.